The summed E-state index contributed by atoms with van der Waals surface area (Å²) in [5.74, 6) is 0.0337. The molecule has 1 heterocycles. The number of nitrogens with zero attached hydrogens (tertiary/aromatic N) is 1. The molecule has 5 heteroatoms. The van der Waals surface area contributed by atoms with Gasteiger partial charge in [0.25, 0.3) is 0 Å². The predicted octanol–water partition coefficient (Wildman–Crippen LogP) is 1.71. The van der Waals surface area contributed by atoms with E-state index in [0.29, 0.717) is 0 Å². The van der Waals surface area contributed by atoms with Gasteiger partial charge in [-0.3, -0.25) is 15.1 Å². The minimum absolute atomic E-state index is 0.0337. The molecule has 16 heavy (non-hydrogen) atoms. The summed E-state index contributed by atoms with van der Waals surface area (Å²) in [6.07, 6.45) is 1.83. The van der Waals surface area contributed by atoms with Gasteiger partial charge in [0.2, 0.25) is 5.91 Å². The van der Waals surface area contributed by atoms with Crippen molar-refractivity contribution in [3.63, 3.8) is 0 Å². The first kappa shape index (κ1) is 13.1. The van der Waals surface area contributed by atoms with Crippen molar-refractivity contribution in [1.82, 2.24) is 15.6 Å². The zero-order valence-corrected chi connectivity index (χ0v) is 11.0. The third kappa shape index (κ3) is 3.90. The van der Waals surface area contributed by atoms with Gasteiger partial charge in [0.15, 0.2) is 0 Å². The fourth-order valence-electron chi connectivity index (χ4n) is 1.38. The molecule has 0 fully saturated rings. The van der Waals surface area contributed by atoms with Crippen LogP contribution in [0.4, 0.5) is 0 Å². The number of nitrogens with one attached hydrogen (secondary N) is 2. The Bertz CT molecular complexity index is 324. The van der Waals surface area contributed by atoms with Gasteiger partial charge in [-0.1, -0.05) is 0 Å². The van der Waals surface area contributed by atoms with Gasteiger partial charge in [0.05, 0.1) is 11.6 Å². The Labute approximate surface area is 100 Å². The van der Waals surface area contributed by atoms with E-state index in [-0.39, 0.29) is 24.0 Å². The van der Waals surface area contributed by atoms with Gasteiger partial charge in [-0.15, -0.1) is 11.3 Å². The Kier molecular flexibility index (Phi) is 4.89. The van der Waals surface area contributed by atoms with E-state index < -0.39 is 0 Å². The maximum absolute atomic E-state index is 11.7. The molecule has 0 aliphatic carbocycles. The van der Waals surface area contributed by atoms with E-state index in [2.05, 4.69) is 15.6 Å². The Morgan fingerprint density at radius 2 is 2.06 bits per heavy atom. The maximum atomic E-state index is 11.7. The second kappa shape index (κ2) is 5.96. The molecule has 0 saturated heterocycles. The van der Waals surface area contributed by atoms with E-state index in [9.17, 15) is 4.79 Å². The van der Waals surface area contributed by atoms with Crippen molar-refractivity contribution in [2.75, 3.05) is 0 Å². The normalized spacial score (nSPS) is 14.8. The summed E-state index contributed by atoms with van der Waals surface area (Å²) >= 11 is 1.59. The van der Waals surface area contributed by atoms with Crippen molar-refractivity contribution < 1.29 is 4.79 Å². The molecule has 2 unspecified atom stereocenters. The summed E-state index contributed by atoms with van der Waals surface area (Å²) in [6.45, 7) is 7.82. The van der Waals surface area contributed by atoms with Gasteiger partial charge in [-0.05, 0) is 27.7 Å². The van der Waals surface area contributed by atoms with E-state index in [1.54, 1.807) is 16.8 Å². The lowest BCUT2D eigenvalue weighted by Crippen LogP contribution is -2.45. The van der Waals surface area contributed by atoms with Gasteiger partial charge >= 0.3 is 0 Å². The van der Waals surface area contributed by atoms with E-state index in [0.717, 1.165) is 4.88 Å². The summed E-state index contributed by atoms with van der Waals surface area (Å²) in [5.41, 5.74) is 1.80. The second-order valence-electron chi connectivity index (χ2n) is 4.18. The van der Waals surface area contributed by atoms with Crippen molar-refractivity contribution in [2.45, 2.75) is 45.8 Å². The van der Waals surface area contributed by atoms with E-state index in [1.807, 2.05) is 33.9 Å². The molecular formula is C11H19N3OS. The molecule has 0 aliphatic rings. The minimum atomic E-state index is -0.195. The van der Waals surface area contributed by atoms with Crippen LogP contribution in [0.15, 0.2) is 11.7 Å². The molecule has 1 aromatic rings. The van der Waals surface area contributed by atoms with Gasteiger partial charge < -0.3 is 5.32 Å². The molecule has 0 bridgehead atoms. The highest BCUT2D eigenvalue weighted by Gasteiger charge is 2.17. The lowest BCUT2D eigenvalue weighted by Gasteiger charge is -2.19. The number of aromatic nitrogens is 1. The van der Waals surface area contributed by atoms with E-state index in [1.165, 1.54) is 0 Å². The number of hydrogen-bond acceptors (Lipinski definition) is 4. The molecule has 0 spiro atoms. The van der Waals surface area contributed by atoms with Crippen LogP contribution in [0.5, 0.6) is 0 Å². The molecule has 1 amide bonds. The van der Waals surface area contributed by atoms with Crippen LogP contribution in [0.2, 0.25) is 0 Å². The highest BCUT2D eigenvalue weighted by molar-refractivity contribution is 7.09. The molecule has 0 aromatic carbocycles. The van der Waals surface area contributed by atoms with Crippen LogP contribution >= 0.6 is 11.3 Å². The smallest absolute Gasteiger partial charge is 0.237 e. The number of hydrogen-bond donors (Lipinski definition) is 2. The van der Waals surface area contributed by atoms with Gasteiger partial charge in [0.1, 0.15) is 0 Å². The van der Waals surface area contributed by atoms with Crippen LogP contribution < -0.4 is 10.6 Å². The predicted molar refractivity (Wildman–Crippen MR) is 66.4 cm³/mol. The fraction of sp³-hybridized carbons (Fsp3) is 0.636. The van der Waals surface area contributed by atoms with Crippen molar-refractivity contribution >= 4 is 17.2 Å². The first-order valence-corrected chi connectivity index (χ1v) is 6.33. The van der Waals surface area contributed by atoms with Crippen LogP contribution in [-0.2, 0) is 4.79 Å². The van der Waals surface area contributed by atoms with E-state index >= 15 is 0 Å². The molecule has 90 valence electrons. The van der Waals surface area contributed by atoms with Crippen molar-refractivity contribution in [3.8, 4) is 0 Å². The standard InChI is InChI=1S/C11H19N3OS/c1-7(2)13-11(15)9(4)14-8(3)10-5-12-6-16-10/h5-9,14H,1-4H3,(H,13,15). The molecule has 0 saturated carbocycles. The van der Waals surface area contributed by atoms with Crippen molar-refractivity contribution in [1.29, 1.82) is 0 Å². The van der Waals surface area contributed by atoms with Crippen LogP contribution in [-0.4, -0.2) is 23.0 Å². The van der Waals surface area contributed by atoms with Gasteiger partial charge in [0, 0.05) is 23.2 Å². The average Bonchev–Trinajstić information content (AvgIpc) is 2.68. The summed E-state index contributed by atoms with van der Waals surface area (Å²) < 4.78 is 0. The molecule has 1 rings (SSSR count). The zero-order valence-electron chi connectivity index (χ0n) is 10.2. The van der Waals surface area contributed by atoms with Crippen LogP contribution in [0, 0.1) is 0 Å². The number of thiazole rings is 1. The van der Waals surface area contributed by atoms with Crippen LogP contribution in [0.3, 0.4) is 0 Å². The molecule has 2 atom stereocenters. The summed E-state index contributed by atoms with van der Waals surface area (Å²) in [5, 5.41) is 6.13. The SMILES string of the molecule is CC(C)NC(=O)C(C)NC(C)c1cncs1. The van der Waals surface area contributed by atoms with E-state index in [4.69, 9.17) is 0 Å². The molecule has 0 radical (unpaired) electrons. The Hall–Kier alpha value is -0.940. The highest BCUT2D eigenvalue weighted by Crippen LogP contribution is 2.16. The summed E-state index contributed by atoms with van der Waals surface area (Å²) in [4.78, 5) is 16.8. The maximum Gasteiger partial charge on any atom is 0.237 e. The minimum Gasteiger partial charge on any atom is -0.353 e. The average molecular weight is 241 g/mol. The van der Waals surface area contributed by atoms with Gasteiger partial charge in [-0.25, -0.2) is 0 Å². The zero-order chi connectivity index (χ0) is 12.1. The summed E-state index contributed by atoms with van der Waals surface area (Å²) in [7, 11) is 0. The first-order valence-electron chi connectivity index (χ1n) is 5.45. The first-order chi connectivity index (χ1) is 7.50. The molecule has 2 N–H and O–H groups in total. The number of rotatable bonds is 5. The second-order valence-corrected chi connectivity index (χ2v) is 5.10. The monoisotopic (exact) mass is 241 g/mol. The third-order valence-corrected chi connectivity index (χ3v) is 3.16. The topological polar surface area (TPSA) is 54.0 Å². The third-order valence-electron chi connectivity index (χ3n) is 2.20. The molecule has 1 aromatic heterocycles. The lowest BCUT2D eigenvalue weighted by atomic mass is 10.2. The quantitative estimate of drug-likeness (QED) is 0.825. The Morgan fingerprint density at radius 1 is 1.38 bits per heavy atom. The van der Waals surface area contributed by atoms with Crippen molar-refractivity contribution in [2.24, 2.45) is 0 Å². The van der Waals surface area contributed by atoms with Crippen molar-refractivity contribution in [3.05, 3.63) is 16.6 Å². The van der Waals surface area contributed by atoms with Gasteiger partial charge in [-0.2, -0.15) is 0 Å². The molecule has 4 nitrogen and oxygen atoms in total. The highest BCUT2D eigenvalue weighted by atomic mass is 32.1. The Morgan fingerprint density at radius 3 is 2.56 bits per heavy atom. The number of amides is 1. The summed E-state index contributed by atoms with van der Waals surface area (Å²) in [6, 6.07) is 0.135. The largest absolute Gasteiger partial charge is 0.353 e. The molecular weight excluding hydrogens is 222 g/mol. The van der Waals surface area contributed by atoms with Crippen LogP contribution in [0.1, 0.15) is 38.6 Å². The lowest BCUT2D eigenvalue weighted by molar-refractivity contribution is -0.123. The fourth-order valence-corrected chi connectivity index (χ4v) is 2.02. The van der Waals surface area contributed by atoms with Crippen LogP contribution in [0.25, 0.3) is 0 Å². The number of carbonyl (C=O) groups excluding carboxylic acids is 1. The number of carbonyl (C=O) groups is 1. The molecule has 0 aliphatic heterocycles. The Balaban J connectivity index is 2.45.